The maximum atomic E-state index is 10.7. The number of benzene rings is 1. The molecule has 0 bridgehead atoms. The van der Waals surface area contributed by atoms with Gasteiger partial charge in [0.2, 0.25) is 5.82 Å². The van der Waals surface area contributed by atoms with Gasteiger partial charge >= 0.3 is 0 Å². The second kappa shape index (κ2) is 7.53. The summed E-state index contributed by atoms with van der Waals surface area (Å²) >= 11 is 0. The van der Waals surface area contributed by atoms with Crippen molar-refractivity contribution in [3.63, 3.8) is 0 Å². The lowest BCUT2D eigenvalue weighted by molar-refractivity contribution is -0.384. The fourth-order valence-electron chi connectivity index (χ4n) is 2.27. The van der Waals surface area contributed by atoms with Gasteiger partial charge in [-0.05, 0) is 39.8 Å². The standard InChI is InChI=1S/C16H19N7O2/c1-11(2)22(12(3)4)20-18-16-13(9-17)10-21(19-16)14-5-7-15(8-6-14)23(24)25/h5-8,10-12H,1-4H3. The van der Waals surface area contributed by atoms with Crippen LogP contribution in [-0.2, 0) is 0 Å². The van der Waals surface area contributed by atoms with Crippen molar-refractivity contribution in [2.45, 2.75) is 39.8 Å². The Morgan fingerprint density at radius 1 is 1.24 bits per heavy atom. The number of rotatable bonds is 6. The summed E-state index contributed by atoms with van der Waals surface area (Å²) in [5.74, 6) is 0.201. The molecule has 0 aliphatic heterocycles. The van der Waals surface area contributed by atoms with Crippen LogP contribution in [0.5, 0.6) is 0 Å². The third kappa shape index (κ3) is 4.17. The smallest absolute Gasteiger partial charge is 0.269 e. The Hall–Kier alpha value is -3.28. The first-order valence-electron chi connectivity index (χ1n) is 7.78. The van der Waals surface area contributed by atoms with E-state index >= 15 is 0 Å². The van der Waals surface area contributed by atoms with Gasteiger partial charge in [0.1, 0.15) is 11.6 Å². The summed E-state index contributed by atoms with van der Waals surface area (Å²) in [4.78, 5) is 10.2. The van der Waals surface area contributed by atoms with Crippen LogP contribution in [0.1, 0.15) is 33.3 Å². The number of nitriles is 1. The molecule has 0 unspecified atom stereocenters. The third-order valence-corrected chi connectivity index (χ3v) is 3.44. The molecule has 0 aliphatic carbocycles. The minimum absolute atomic E-state index is 0.0131. The van der Waals surface area contributed by atoms with Crippen LogP contribution in [-0.4, -0.2) is 31.8 Å². The highest BCUT2D eigenvalue weighted by atomic mass is 16.6. The maximum Gasteiger partial charge on any atom is 0.269 e. The van der Waals surface area contributed by atoms with Gasteiger partial charge in [-0.15, -0.1) is 10.2 Å². The van der Waals surface area contributed by atoms with Crippen molar-refractivity contribution in [1.82, 2.24) is 14.8 Å². The molecule has 0 saturated carbocycles. The zero-order valence-corrected chi connectivity index (χ0v) is 14.5. The molecule has 1 aromatic heterocycles. The van der Waals surface area contributed by atoms with E-state index in [1.807, 2.05) is 38.8 Å². The predicted octanol–water partition coefficient (Wildman–Crippen LogP) is 3.77. The second-order valence-corrected chi connectivity index (χ2v) is 5.95. The lowest BCUT2D eigenvalue weighted by Crippen LogP contribution is -2.31. The van der Waals surface area contributed by atoms with Gasteiger partial charge in [0.25, 0.3) is 5.69 Å². The third-order valence-electron chi connectivity index (χ3n) is 3.44. The zero-order valence-electron chi connectivity index (χ0n) is 14.5. The SMILES string of the molecule is CC(C)N(N=Nc1nn(-c2ccc([N+](=O)[O-])cc2)cc1C#N)C(C)C. The van der Waals surface area contributed by atoms with Crippen molar-refractivity contribution in [3.05, 3.63) is 46.1 Å². The summed E-state index contributed by atoms with van der Waals surface area (Å²) in [5.41, 5.74) is 0.850. The molecule has 0 saturated heterocycles. The summed E-state index contributed by atoms with van der Waals surface area (Å²) in [6.07, 6.45) is 1.52. The molecular weight excluding hydrogens is 322 g/mol. The molecule has 0 aliphatic rings. The Kier molecular flexibility index (Phi) is 5.44. The average Bonchev–Trinajstić information content (AvgIpc) is 2.97. The van der Waals surface area contributed by atoms with Crippen LogP contribution in [0.15, 0.2) is 40.8 Å². The van der Waals surface area contributed by atoms with Crippen LogP contribution >= 0.6 is 0 Å². The molecule has 9 heteroatoms. The first-order chi connectivity index (χ1) is 11.8. The number of aromatic nitrogens is 2. The first-order valence-corrected chi connectivity index (χ1v) is 7.78. The minimum Gasteiger partial charge on any atom is -0.273 e. The molecule has 0 amide bonds. The number of hydrogen-bond acceptors (Lipinski definition) is 6. The lowest BCUT2D eigenvalue weighted by Gasteiger charge is -2.25. The van der Waals surface area contributed by atoms with E-state index in [4.69, 9.17) is 0 Å². The highest BCUT2D eigenvalue weighted by molar-refractivity contribution is 5.49. The molecular formula is C16H19N7O2. The molecule has 2 aromatic rings. The van der Waals surface area contributed by atoms with Crippen LogP contribution in [0.4, 0.5) is 11.5 Å². The number of hydrogen-bond donors (Lipinski definition) is 0. The first kappa shape index (κ1) is 18.1. The van der Waals surface area contributed by atoms with Crippen LogP contribution in [0, 0.1) is 21.4 Å². The summed E-state index contributed by atoms with van der Waals surface area (Å²) in [7, 11) is 0. The van der Waals surface area contributed by atoms with Crippen LogP contribution in [0.25, 0.3) is 5.69 Å². The van der Waals surface area contributed by atoms with Crippen molar-refractivity contribution < 1.29 is 4.92 Å². The molecule has 130 valence electrons. The van der Waals surface area contributed by atoms with Crippen LogP contribution < -0.4 is 0 Å². The molecule has 9 nitrogen and oxygen atoms in total. The fourth-order valence-corrected chi connectivity index (χ4v) is 2.27. The highest BCUT2D eigenvalue weighted by Gasteiger charge is 2.14. The largest absolute Gasteiger partial charge is 0.273 e. The topological polar surface area (TPSA) is 113 Å². The van der Waals surface area contributed by atoms with Gasteiger partial charge in [-0.1, -0.05) is 5.22 Å². The van der Waals surface area contributed by atoms with E-state index in [9.17, 15) is 15.4 Å². The Balaban J connectivity index is 2.33. The number of nitro groups is 1. The van der Waals surface area contributed by atoms with Crippen molar-refractivity contribution >= 4 is 11.5 Å². The molecule has 2 rings (SSSR count). The molecule has 0 fully saturated rings. The van der Waals surface area contributed by atoms with Gasteiger partial charge in [-0.2, -0.15) is 5.26 Å². The molecule has 0 radical (unpaired) electrons. The average molecular weight is 341 g/mol. The van der Waals surface area contributed by atoms with Gasteiger partial charge in [-0.25, -0.2) is 4.68 Å². The van der Waals surface area contributed by atoms with E-state index in [0.717, 1.165) is 0 Å². The quantitative estimate of drug-likeness (QED) is 0.451. The Bertz CT molecular complexity index is 808. The molecule has 0 spiro atoms. The highest BCUT2D eigenvalue weighted by Crippen LogP contribution is 2.21. The molecule has 1 heterocycles. The van der Waals surface area contributed by atoms with E-state index < -0.39 is 4.92 Å². The predicted molar refractivity (Wildman–Crippen MR) is 91.6 cm³/mol. The zero-order chi connectivity index (χ0) is 18.6. The Labute approximate surface area is 145 Å². The van der Waals surface area contributed by atoms with Gasteiger partial charge in [0.15, 0.2) is 0 Å². The number of non-ortho nitro benzene ring substituents is 1. The van der Waals surface area contributed by atoms with Crippen LogP contribution in [0.2, 0.25) is 0 Å². The monoisotopic (exact) mass is 341 g/mol. The van der Waals surface area contributed by atoms with E-state index in [1.54, 1.807) is 12.1 Å². The van der Waals surface area contributed by atoms with Gasteiger partial charge < -0.3 is 0 Å². The molecule has 0 atom stereocenters. The lowest BCUT2D eigenvalue weighted by atomic mass is 10.3. The van der Waals surface area contributed by atoms with Gasteiger partial charge in [-0.3, -0.25) is 15.1 Å². The second-order valence-electron chi connectivity index (χ2n) is 5.95. The molecule has 0 N–H and O–H groups in total. The van der Waals surface area contributed by atoms with Crippen LogP contribution in [0.3, 0.4) is 0 Å². The summed E-state index contributed by atoms with van der Waals surface area (Å²) in [6.45, 7) is 8.00. The molecule has 1 aromatic carbocycles. The number of nitro benzene ring substituents is 1. The van der Waals surface area contributed by atoms with E-state index in [1.165, 1.54) is 23.0 Å². The van der Waals surface area contributed by atoms with Crippen molar-refractivity contribution in [2.24, 2.45) is 10.3 Å². The summed E-state index contributed by atoms with van der Waals surface area (Å²) in [5, 5.41) is 34.3. The fraction of sp³-hybridized carbons (Fsp3) is 0.375. The maximum absolute atomic E-state index is 10.7. The number of nitrogens with zero attached hydrogens (tertiary/aromatic N) is 7. The van der Waals surface area contributed by atoms with E-state index in [-0.39, 0.29) is 29.2 Å². The normalized spacial score (nSPS) is 11.2. The minimum atomic E-state index is -0.473. The van der Waals surface area contributed by atoms with Crippen molar-refractivity contribution in [3.8, 4) is 11.8 Å². The molecule has 25 heavy (non-hydrogen) atoms. The Morgan fingerprint density at radius 2 is 1.84 bits per heavy atom. The Morgan fingerprint density at radius 3 is 2.32 bits per heavy atom. The van der Waals surface area contributed by atoms with E-state index in [2.05, 4.69) is 15.4 Å². The van der Waals surface area contributed by atoms with Crippen molar-refractivity contribution in [2.75, 3.05) is 0 Å². The summed E-state index contributed by atoms with van der Waals surface area (Å²) < 4.78 is 1.45. The van der Waals surface area contributed by atoms with Crippen molar-refractivity contribution in [1.29, 1.82) is 5.26 Å². The van der Waals surface area contributed by atoms with E-state index in [0.29, 0.717) is 5.69 Å². The summed E-state index contributed by atoms with van der Waals surface area (Å²) in [6, 6.07) is 8.22. The van der Waals surface area contributed by atoms with Gasteiger partial charge in [0.05, 0.1) is 16.8 Å². The van der Waals surface area contributed by atoms with Gasteiger partial charge in [0, 0.05) is 24.2 Å².